The maximum absolute atomic E-state index is 10.9. The number of carbonyl (C=O) groups is 1. The zero-order valence-electron chi connectivity index (χ0n) is 10.2. The molecular formula is C13H16BrNO2. The number of benzene rings is 1. The van der Waals surface area contributed by atoms with Crippen LogP contribution in [-0.2, 0) is 6.42 Å². The van der Waals surface area contributed by atoms with E-state index in [0.717, 1.165) is 22.0 Å². The lowest BCUT2D eigenvalue weighted by molar-refractivity contribution is 0.175. The number of hydrogen-bond acceptors (Lipinski definition) is 1. The van der Waals surface area contributed by atoms with Crippen LogP contribution in [0.2, 0.25) is 0 Å². The van der Waals surface area contributed by atoms with Crippen molar-refractivity contribution in [3.05, 3.63) is 33.3 Å². The molecule has 1 aliphatic carbocycles. The summed E-state index contributed by atoms with van der Waals surface area (Å²) in [5.41, 5.74) is 3.40. The van der Waals surface area contributed by atoms with Crippen molar-refractivity contribution in [1.82, 2.24) is 5.32 Å². The summed E-state index contributed by atoms with van der Waals surface area (Å²) < 4.78 is 1.09. The Balaban J connectivity index is 2.48. The van der Waals surface area contributed by atoms with Crippen molar-refractivity contribution in [3.63, 3.8) is 0 Å². The first-order valence-electron chi connectivity index (χ1n) is 5.59. The molecule has 0 bridgehead atoms. The summed E-state index contributed by atoms with van der Waals surface area (Å²) in [5, 5.41) is 11.6. The van der Waals surface area contributed by atoms with E-state index >= 15 is 0 Å². The zero-order valence-corrected chi connectivity index (χ0v) is 11.8. The Hall–Kier alpha value is -1.03. The van der Waals surface area contributed by atoms with Gasteiger partial charge in [0.1, 0.15) is 0 Å². The van der Waals surface area contributed by atoms with E-state index in [9.17, 15) is 4.79 Å². The molecule has 0 radical (unpaired) electrons. The molecule has 3 nitrogen and oxygen atoms in total. The quantitative estimate of drug-likeness (QED) is 0.831. The first-order chi connectivity index (χ1) is 7.81. The Labute approximate surface area is 109 Å². The van der Waals surface area contributed by atoms with Crippen LogP contribution in [0.25, 0.3) is 0 Å². The fourth-order valence-electron chi connectivity index (χ4n) is 2.58. The largest absolute Gasteiger partial charge is 0.465 e. The molecule has 1 aliphatic rings. The zero-order chi connectivity index (χ0) is 12.8. The minimum absolute atomic E-state index is 0.0754. The van der Waals surface area contributed by atoms with Gasteiger partial charge >= 0.3 is 6.09 Å². The normalized spacial score (nSPS) is 21.1. The van der Waals surface area contributed by atoms with Gasteiger partial charge in [0.15, 0.2) is 0 Å². The average molecular weight is 298 g/mol. The van der Waals surface area contributed by atoms with Crippen LogP contribution >= 0.6 is 15.9 Å². The van der Waals surface area contributed by atoms with Gasteiger partial charge in [-0.1, -0.05) is 35.8 Å². The van der Waals surface area contributed by atoms with E-state index in [4.69, 9.17) is 5.11 Å². The molecule has 0 unspecified atom stereocenters. The van der Waals surface area contributed by atoms with Crippen LogP contribution < -0.4 is 5.32 Å². The lowest BCUT2D eigenvalue weighted by Crippen LogP contribution is -2.34. The average Bonchev–Trinajstić information content (AvgIpc) is 2.40. The molecular weight excluding hydrogens is 282 g/mol. The van der Waals surface area contributed by atoms with Crippen LogP contribution in [0, 0.1) is 12.3 Å². The minimum Gasteiger partial charge on any atom is -0.465 e. The maximum atomic E-state index is 10.9. The van der Waals surface area contributed by atoms with Crippen molar-refractivity contribution in [2.24, 2.45) is 5.41 Å². The molecule has 0 aromatic heterocycles. The molecule has 1 amide bonds. The molecule has 0 spiro atoms. The Morgan fingerprint density at radius 2 is 2.18 bits per heavy atom. The first kappa shape index (κ1) is 12.4. The second-order valence-corrected chi connectivity index (χ2v) is 6.20. The maximum Gasteiger partial charge on any atom is 0.405 e. The van der Waals surface area contributed by atoms with Crippen molar-refractivity contribution in [1.29, 1.82) is 0 Å². The molecule has 1 atom stereocenters. The van der Waals surface area contributed by atoms with E-state index in [0.29, 0.717) is 0 Å². The molecule has 0 fully saturated rings. The standard InChI is InChI=1S/C13H16BrNO2/c1-7-4-9-8(5-10(7)14)6-13(2,3)11(9)15-12(16)17/h4-5,11,15H,6H2,1-3H3,(H,16,17)/t11-/m0/s1. The summed E-state index contributed by atoms with van der Waals surface area (Å²) >= 11 is 3.52. The summed E-state index contributed by atoms with van der Waals surface area (Å²) in [5.74, 6) is 0. The second kappa shape index (κ2) is 4.02. The number of nitrogens with one attached hydrogen (secondary N) is 1. The number of fused-ring (bicyclic) bond motifs is 1. The molecule has 17 heavy (non-hydrogen) atoms. The third kappa shape index (κ3) is 2.18. The van der Waals surface area contributed by atoms with E-state index in [1.165, 1.54) is 5.56 Å². The predicted octanol–water partition coefficient (Wildman–Crippen LogP) is 3.65. The molecule has 1 aromatic rings. The van der Waals surface area contributed by atoms with Crippen LogP contribution in [0.15, 0.2) is 16.6 Å². The molecule has 0 aliphatic heterocycles. The Morgan fingerprint density at radius 1 is 1.53 bits per heavy atom. The van der Waals surface area contributed by atoms with E-state index in [2.05, 4.69) is 47.2 Å². The van der Waals surface area contributed by atoms with Crippen LogP contribution in [0.3, 0.4) is 0 Å². The van der Waals surface area contributed by atoms with Gasteiger partial charge in [-0.15, -0.1) is 0 Å². The molecule has 1 aromatic carbocycles. The van der Waals surface area contributed by atoms with Crippen LogP contribution in [0.1, 0.15) is 36.6 Å². The van der Waals surface area contributed by atoms with Crippen molar-refractivity contribution < 1.29 is 9.90 Å². The molecule has 0 saturated carbocycles. The minimum atomic E-state index is -0.962. The van der Waals surface area contributed by atoms with Gasteiger partial charge in [0, 0.05) is 4.47 Å². The van der Waals surface area contributed by atoms with Gasteiger partial charge in [-0.25, -0.2) is 4.79 Å². The summed E-state index contributed by atoms with van der Waals surface area (Å²) in [6.07, 6.45) is -0.0666. The number of carboxylic acid groups (broad SMARTS) is 1. The fourth-order valence-corrected chi connectivity index (χ4v) is 2.97. The highest BCUT2D eigenvalue weighted by atomic mass is 79.9. The summed E-state index contributed by atoms with van der Waals surface area (Å²) in [7, 11) is 0. The number of amides is 1. The lowest BCUT2D eigenvalue weighted by atomic mass is 9.85. The van der Waals surface area contributed by atoms with Crippen molar-refractivity contribution in [2.75, 3.05) is 0 Å². The predicted molar refractivity (Wildman–Crippen MR) is 70.3 cm³/mol. The van der Waals surface area contributed by atoms with Crippen LogP contribution in [0.4, 0.5) is 4.79 Å². The van der Waals surface area contributed by atoms with E-state index in [-0.39, 0.29) is 11.5 Å². The smallest absolute Gasteiger partial charge is 0.405 e. The van der Waals surface area contributed by atoms with Crippen molar-refractivity contribution in [3.8, 4) is 0 Å². The molecule has 0 heterocycles. The monoisotopic (exact) mass is 297 g/mol. The SMILES string of the molecule is Cc1cc2c(cc1Br)CC(C)(C)[C@H]2NC(=O)O. The molecule has 4 heteroatoms. The molecule has 2 N–H and O–H groups in total. The topological polar surface area (TPSA) is 49.3 Å². The van der Waals surface area contributed by atoms with Gasteiger partial charge in [0.2, 0.25) is 0 Å². The van der Waals surface area contributed by atoms with Crippen molar-refractivity contribution in [2.45, 2.75) is 33.2 Å². The van der Waals surface area contributed by atoms with Gasteiger partial charge in [-0.2, -0.15) is 0 Å². The first-order valence-corrected chi connectivity index (χ1v) is 6.39. The molecule has 0 saturated heterocycles. The van der Waals surface area contributed by atoms with Crippen LogP contribution in [-0.4, -0.2) is 11.2 Å². The number of rotatable bonds is 1. The fraction of sp³-hybridized carbons (Fsp3) is 0.462. The highest BCUT2D eigenvalue weighted by Crippen LogP contribution is 2.46. The van der Waals surface area contributed by atoms with Crippen molar-refractivity contribution >= 4 is 22.0 Å². The highest BCUT2D eigenvalue weighted by Gasteiger charge is 2.40. The summed E-state index contributed by atoms with van der Waals surface area (Å²) in [4.78, 5) is 10.9. The number of aryl methyl sites for hydroxylation is 1. The number of hydrogen-bond donors (Lipinski definition) is 2. The number of halogens is 1. The lowest BCUT2D eigenvalue weighted by Gasteiger charge is -2.27. The van der Waals surface area contributed by atoms with E-state index < -0.39 is 6.09 Å². The Bertz CT molecular complexity index is 483. The van der Waals surface area contributed by atoms with E-state index in [1.54, 1.807) is 0 Å². The third-order valence-electron chi connectivity index (χ3n) is 3.43. The Morgan fingerprint density at radius 3 is 2.76 bits per heavy atom. The van der Waals surface area contributed by atoms with Gasteiger partial charge < -0.3 is 10.4 Å². The highest BCUT2D eigenvalue weighted by molar-refractivity contribution is 9.10. The molecule has 2 rings (SSSR count). The second-order valence-electron chi connectivity index (χ2n) is 5.35. The van der Waals surface area contributed by atoms with Crippen LogP contribution in [0.5, 0.6) is 0 Å². The van der Waals surface area contributed by atoms with Gasteiger partial charge in [-0.05, 0) is 41.5 Å². The van der Waals surface area contributed by atoms with Gasteiger partial charge in [-0.3, -0.25) is 0 Å². The van der Waals surface area contributed by atoms with Gasteiger partial charge in [0.05, 0.1) is 6.04 Å². The molecule has 92 valence electrons. The van der Waals surface area contributed by atoms with E-state index in [1.807, 2.05) is 6.92 Å². The summed E-state index contributed by atoms with van der Waals surface area (Å²) in [6, 6.07) is 4.06. The summed E-state index contributed by atoms with van der Waals surface area (Å²) in [6.45, 7) is 6.21. The third-order valence-corrected chi connectivity index (χ3v) is 4.28. The Kier molecular flexibility index (Phi) is 2.94. The van der Waals surface area contributed by atoms with Gasteiger partial charge in [0.25, 0.3) is 0 Å².